The van der Waals surface area contributed by atoms with Crippen LogP contribution >= 0.6 is 0 Å². The average molecular weight is 454 g/mol. The van der Waals surface area contributed by atoms with Crippen molar-refractivity contribution in [1.82, 2.24) is 14.1 Å². The molecule has 0 spiro atoms. The number of carbonyl (C=O) groups is 2. The van der Waals surface area contributed by atoms with Gasteiger partial charge in [0.05, 0.1) is 18.0 Å². The Morgan fingerprint density at radius 3 is 2.40 bits per heavy atom. The van der Waals surface area contributed by atoms with E-state index in [-0.39, 0.29) is 25.3 Å². The first kappa shape index (κ1) is 23.3. The van der Waals surface area contributed by atoms with E-state index < -0.39 is 45.9 Å². The Bertz CT molecular complexity index is 753. The van der Waals surface area contributed by atoms with Crippen molar-refractivity contribution in [3.63, 3.8) is 0 Å². The molecule has 172 valence electrons. The fourth-order valence-electron chi connectivity index (χ4n) is 5.11. The highest BCUT2D eigenvalue weighted by Crippen LogP contribution is 2.41. The highest BCUT2D eigenvalue weighted by molar-refractivity contribution is 7.89. The predicted molar refractivity (Wildman–Crippen MR) is 104 cm³/mol. The SMILES string of the molecule is CCC[C@H]1C(=O)N(S(=O)(=O)CC(F)(F)F)[C@H]2CCN(C(=O)CCN3CCCCC3)[C@H]12. The maximum absolute atomic E-state index is 12.9. The normalized spacial score (nSPS) is 28.3. The molecule has 3 rings (SSSR count). The van der Waals surface area contributed by atoms with Gasteiger partial charge in [0, 0.05) is 19.5 Å². The number of nitrogens with zero attached hydrogens (tertiary/aromatic N) is 3. The van der Waals surface area contributed by atoms with Gasteiger partial charge < -0.3 is 9.80 Å². The number of hydrogen-bond donors (Lipinski definition) is 0. The number of alkyl halides is 3. The molecule has 0 unspecified atom stereocenters. The van der Waals surface area contributed by atoms with Gasteiger partial charge in [-0.1, -0.05) is 19.8 Å². The molecule has 0 aromatic heterocycles. The van der Waals surface area contributed by atoms with Crippen LogP contribution in [0.5, 0.6) is 0 Å². The van der Waals surface area contributed by atoms with Gasteiger partial charge in [-0.15, -0.1) is 0 Å². The van der Waals surface area contributed by atoms with E-state index in [1.54, 1.807) is 4.90 Å². The summed E-state index contributed by atoms with van der Waals surface area (Å²) in [5.74, 6) is -3.79. The van der Waals surface area contributed by atoms with E-state index in [9.17, 15) is 31.2 Å². The fraction of sp³-hybridized carbons (Fsp3) is 0.895. The van der Waals surface area contributed by atoms with Crippen molar-refractivity contribution >= 4 is 21.8 Å². The predicted octanol–water partition coefficient (Wildman–Crippen LogP) is 1.98. The molecule has 0 aromatic rings. The summed E-state index contributed by atoms with van der Waals surface area (Å²) < 4.78 is 63.8. The summed E-state index contributed by atoms with van der Waals surface area (Å²) >= 11 is 0. The second-order valence-corrected chi connectivity index (χ2v) is 10.3. The summed E-state index contributed by atoms with van der Waals surface area (Å²) in [7, 11) is -4.84. The van der Waals surface area contributed by atoms with Crippen molar-refractivity contribution in [3.8, 4) is 0 Å². The summed E-state index contributed by atoms with van der Waals surface area (Å²) in [6, 6.07) is -1.57. The maximum atomic E-state index is 12.9. The molecule has 3 atom stereocenters. The van der Waals surface area contributed by atoms with E-state index >= 15 is 0 Å². The smallest absolute Gasteiger partial charge is 0.337 e. The molecule has 3 saturated heterocycles. The van der Waals surface area contributed by atoms with Crippen molar-refractivity contribution in [1.29, 1.82) is 0 Å². The number of fused-ring (bicyclic) bond motifs is 1. The number of halogens is 3. The number of hydrogen-bond acceptors (Lipinski definition) is 5. The topological polar surface area (TPSA) is 78.0 Å². The van der Waals surface area contributed by atoms with Crippen molar-refractivity contribution < 1.29 is 31.2 Å². The van der Waals surface area contributed by atoms with Crippen LogP contribution in [0.4, 0.5) is 13.2 Å². The lowest BCUT2D eigenvalue weighted by Gasteiger charge is -2.30. The van der Waals surface area contributed by atoms with Crippen molar-refractivity contribution in [3.05, 3.63) is 0 Å². The number of amides is 2. The zero-order chi connectivity index (χ0) is 22.1. The van der Waals surface area contributed by atoms with Crippen molar-refractivity contribution in [2.45, 2.75) is 70.1 Å². The Balaban J connectivity index is 1.75. The molecule has 3 aliphatic heterocycles. The van der Waals surface area contributed by atoms with E-state index in [4.69, 9.17) is 0 Å². The first-order valence-electron chi connectivity index (χ1n) is 10.7. The van der Waals surface area contributed by atoms with Gasteiger partial charge in [-0.25, -0.2) is 12.7 Å². The first-order valence-corrected chi connectivity index (χ1v) is 12.3. The van der Waals surface area contributed by atoms with Crippen LogP contribution in [0.1, 0.15) is 51.9 Å². The van der Waals surface area contributed by atoms with Gasteiger partial charge in [0.25, 0.3) is 0 Å². The highest BCUT2D eigenvalue weighted by Gasteiger charge is 2.59. The summed E-state index contributed by atoms with van der Waals surface area (Å²) in [4.78, 5) is 29.5. The quantitative estimate of drug-likeness (QED) is 0.589. The minimum Gasteiger partial charge on any atom is -0.337 e. The number of carbonyl (C=O) groups excluding carboxylic acids is 2. The summed E-state index contributed by atoms with van der Waals surface area (Å²) in [5.41, 5.74) is 0. The molecule has 3 aliphatic rings. The van der Waals surface area contributed by atoms with E-state index in [0.29, 0.717) is 23.7 Å². The number of piperidine rings is 1. The Hall–Kier alpha value is -1.36. The van der Waals surface area contributed by atoms with Crippen LogP contribution in [-0.4, -0.2) is 84.5 Å². The second-order valence-electron chi connectivity index (χ2n) is 8.49. The van der Waals surface area contributed by atoms with E-state index in [1.165, 1.54) is 6.42 Å². The molecule has 0 bridgehead atoms. The van der Waals surface area contributed by atoms with Gasteiger partial charge in [-0.2, -0.15) is 13.2 Å². The third kappa shape index (κ3) is 4.92. The Labute approximate surface area is 175 Å². The summed E-state index contributed by atoms with van der Waals surface area (Å²) in [5, 5.41) is 0. The van der Waals surface area contributed by atoms with Crippen LogP contribution in [0, 0.1) is 5.92 Å². The molecule has 3 heterocycles. The molecule has 0 aliphatic carbocycles. The fourth-order valence-corrected chi connectivity index (χ4v) is 6.71. The zero-order valence-corrected chi connectivity index (χ0v) is 18.1. The highest BCUT2D eigenvalue weighted by atomic mass is 32.2. The number of rotatable bonds is 7. The lowest BCUT2D eigenvalue weighted by molar-refractivity contribution is -0.134. The lowest BCUT2D eigenvalue weighted by atomic mass is 9.94. The molecule has 11 heteroatoms. The van der Waals surface area contributed by atoms with Gasteiger partial charge >= 0.3 is 6.18 Å². The molecular weight excluding hydrogens is 423 g/mol. The van der Waals surface area contributed by atoms with Crippen LogP contribution in [0.25, 0.3) is 0 Å². The third-order valence-electron chi connectivity index (χ3n) is 6.32. The average Bonchev–Trinajstić information content (AvgIpc) is 3.17. The van der Waals surface area contributed by atoms with Crippen LogP contribution in [-0.2, 0) is 19.6 Å². The minimum absolute atomic E-state index is 0.156. The Morgan fingerprint density at radius 2 is 1.80 bits per heavy atom. The van der Waals surface area contributed by atoms with Crippen LogP contribution in [0.2, 0.25) is 0 Å². The van der Waals surface area contributed by atoms with Gasteiger partial charge in [0.15, 0.2) is 5.75 Å². The molecule has 3 fully saturated rings. The van der Waals surface area contributed by atoms with Crippen molar-refractivity contribution in [2.75, 3.05) is 31.9 Å². The van der Waals surface area contributed by atoms with E-state index in [1.807, 2.05) is 6.92 Å². The van der Waals surface area contributed by atoms with Crippen molar-refractivity contribution in [2.24, 2.45) is 5.92 Å². The van der Waals surface area contributed by atoms with Gasteiger partial charge in [-0.3, -0.25) is 9.59 Å². The number of sulfonamides is 1. The standard InChI is InChI=1S/C19H30F3N3O4S/c1-2-6-14-17-15(25(18(14)27)30(28,29)13-19(20,21)22)7-12-24(17)16(26)8-11-23-9-4-3-5-10-23/h14-15,17H,2-13H2,1H3/t14-,15+,17-/m1/s1. The van der Waals surface area contributed by atoms with Gasteiger partial charge in [0.2, 0.25) is 21.8 Å². The van der Waals surface area contributed by atoms with Crippen LogP contribution in [0.3, 0.4) is 0 Å². The summed E-state index contributed by atoms with van der Waals surface area (Å²) in [6.07, 6.45) is -0.182. The maximum Gasteiger partial charge on any atom is 0.404 e. The Kier molecular flexibility index (Phi) is 7.01. The van der Waals surface area contributed by atoms with Gasteiger partial charge in [0.1, 0.15) is 0 Å². The molecule has 7 nitrogen and oxygen atoms in total. The third-order valence-corrected chi connectivity index (χ3v) is 8.07. The first-order chi connectivity index (χ1) is 14.0. The summed E-state index contributed by atoms with van der Waals surface area (Å²) in [6.45, 7) is 4.58. The second kappa shape index (κ2) is 9.02. The monoisotopic (exact) mass is 453 g/mol. The van der Waals surface area contributed by atoms with E-state index in [2.05, 4.69) is 4.90 Å². The van der Waals surface area contributed by atoms with Gasteiger partial charge in [-0.05, 0) is 38.8 Å². The molecule has 0 saturated carbocycles. The van der Waals surface area contributed by atoms with Crippen LogP contribution in [0.15, 0.2) is 0 Å². The van der Waals surface area contributed by atoms with Crippen LogP contribution < -0.4 is 0 Å². The minimum atomic E-state index is -4.93. The molecule has 30 heavy (non-hydrogen) atoms. The lowest BCUT2D eigenvalue weighted by Crippen LogP contribution is -2.45. The molecule has 2 amide bonds. The Morgan fingerprint density at radius 1 is 1.13 bits per heavy atom. The molecule has 0 radical (unpaired) electrons. The largest absolute Gasteiger partial charge is 0.404 e. The number of likely N-dealkylation sites (tertiary alicyclic amines) is 2. The molecule has 0 aromatic carbocycles. The molecule has 0 N–H and O–H groups in total. The molecular formula is C19H30F3N3O4S. The van der Waals surface area contributed by atoms with E-state index in [0.717, 1.165) is 25.9 Å². The zero-order valence-electron chi connectivity index (χ0n) is 17.2.